The number of nitrogens with zero attached hydrogens (tertiary/aromatic N) is 1. The fourth-order valence-corrected chi connectivity index (χ4v) is 5.40. The highest BCUT2D eigenvalue weighted by molar-refractivity contribution is 8.01. The van der Waals surface area contributed by atoms with Crippen LogP contribution < -0.4 is 5.32 Å². The van der Waals surface area contributed by atoms with E-state index in [9.17, 15) is 4.79 Å². The average Bonchev–Trinajstić information content (AvgIpc) is 3.05. The van der Waals surface area contributed by atoms with E-state index in [0.29, 0.717) is 17.8 Å². The van der Waals surface area contributed by atoms with Crippen LogP contribution in [0.1, 0.15) is 37.8 Å². The molecule has 0 radical (unpaired) electrons. The smallest absolute Gasteiger partial charge is 0.236 e. The quantitative estimate of drug-likeness (QED) is 0.931. The van der Waals surface area contributed by atoms with Gasteiger partial charge in [0.15, 0.2) is 0 Å². The van der Waals surface area contributed by atoms with Crippen LogP contribution in [0.2, 0.25) is 0 Å². The molecule has 0 aromatic carbocycles. The second-order valence-corrected chi connectivity index (χ2v) is 7.97. The van der Waals surface area contributed by atoms with E-state index in [2.05, 4.69) is 23.7 Å². The number of hydrogen-bond donors (Lipinski definition) is 1. The van der Waals surface area contributed by atoms with Gasteiger partial charge in [-0.1, -0.05) is 6.92 Å². The van der Waals surface area contributed by atoms with Gasteiger partial charge in [-0.3, -0.25) is 4.79 Å². The molecule has 2 aliphatic heterocycles. The predicted molar refractivity (Wildman–Crippen MR) is 80.8 cm³/mol. The van der Waals surface area contributed by atoms with Crippen molar-refractivity contribution in [3.63, 3.8) is 0 Å². The summed E-state index contributed by atoms with van der Waals surface area (Å²) in [5.74, 6) is 0.264. The molecule has 0 saturated carbocycles. The van der Waals surface area contributed by atoms with Crippen LogP contribution in [0.5, 0.6) is 0 Å². The lowest BCUT2D eigenvalue weighted by atomic mass is 10.0. The molecule has 3 rings (SSSR count). The molecule has 3 nitrogen and oxygen atoms in total. The highest BCUT2D eigenvalue weighted by atomic mass is 32.2. The molecule has 104 valence electrons. The number of nitrogens with one attached hydrogen (secondary N) is 1. The maximum Gasteiger partial charge on any atom is 0.236 e. The molecule has 2 aliphatic rings. The first kappa shape index (κ1) is 13.5. The van der Waals surface area contributed by atoms with Crippen molar-refractivity contribution >= 4 is 29.0 Å². The van der Waals surface area contributed by atoms with E-state index in [1.807, 2.05) is 28.0 Å². The monoisotopic (exact) mass is 296 g/mol. The number of fused-ring (bicyclic) bond motifs is 1. The molecular formula is C14H20N2OS2. The molecule has 0 aliphatic carbocycles. The maximum atomic E-state index is 12.1. The fourth-order valence-electron chi connectivity index (χ4n) is 2.83. The number of thioether (sulfide) groups is 1. The van der Waals surface area contributed by atoms with Crippen LogP contribution in [0.4, 0.5) is 0 Å². The number of hydrogen-bond acceptors (Lipinski definition) is 4. The normalized spacial score (nSPS) is 26.5. The molecule has 1 saturated heterocycles. The molecule has 1 aromatic heterocycles. The molecule has 1 amide bonds. The van der Waals surface area contributed by atoms with Crippen molar-refractivity contribution in [2.75, 3.05) is 19.6 Å². The average molecular weight is 296 g/mol. The van der Waals surface area contributed by atoms with Crippen molar-refractivity contribution < 1.29 is 4.79 Å². The van der Waals surface area contributed by atoms with Crippen LogP contribution in [-0.4, -0.2) is 35.7 Å². The van der Waals surface area contributed by atoms with Gasteiger partial charge in [0.1, 0.15) is 0 Å². The Kier molecular flexibility index (Phi) is 4.15. The first-order chi connectivity index (χ1) is 9.24. The van der Waals surface area contributed by atoms with Gasteiger partial charge < -0.3 is 10.2 Å². The number of amides is 1. The fraction of sp³-hybridized carbons (Fsp3) is 0.643. The first-order valence-electron chi connectivity index (χ1n) is 6.99. The Balaban J connectivity index is 1.60. The second-order valence-electron chi connectivity index (χ2n) is 5.35. The topological polar surface area (TPSA) is 32.3 Å². The number of carbonyl (C=O) groups is 1. The Morgan fingerprint density at radius 1 is 1.47 bits per heavy atom. The molecular weight excluding hydrogens is 276 g/mol. The molecule has 19 heavy (non-hydrogen) atoms. The van der Waals surface area contributed by atoms with Crippen LogP contribution in [-0.2, 0) is 4.79 Å². The van der Waals surface area contributed by atoms with Gasteiger partial charge in [-0.2, -0.15) is 0 Å². The van der Waals surface area contributed by atoms with Crippen molar-refractivity contribution in [2.24, 2.45) is 0 Å². The van der Waals surface area contributed by atoms with Gasteiger partial charge in [0, 0.05) is 24.4 Å². The number of carbonyl (C=O) groups excluding carboxylic acids is 1. The van der Waals surface area contributed by atoms with E-state index in [0.717, 1.165) is 32.4 Å². The van der Waals surface area contributed by atoms with Crippen molar-refractivity contribution in [1.29, 1.82) is 0 Å². The van der Waals surface area contributed by atoms with E-state index < -0.39 is 0 Å². The van der Waals surface area contributed by atoms with Crippen LogP contribution in [0.3, 0.4) is 0 Å². The third-order valence-electron chi connectivity index (χ3n) is 3.87. The predicted octanol–water partition coefficient (Wildman–Crippen LogP) is 2.89. The minimum absolute atomic E-state index is 0.264. The third-order valence-corrected chi connectivity index (χ3v) is 6.21. The van der Waals surface area contributed by atoms with Crippen molar-refractivity contribution in [2.45, 2.75) is 41.7 Å². The van der Waals surface area contributed by atoms with E-state index in [-0.39, 0.29) is 5.91 Å². The summed E-state index contributed by atoms with van der Waals surface area (Å²) in [7, 11) is 0. The molecule has 1 aromatic rings. The minimum atomic E-state index is 0.264. The summed E-state index contributed by atoms with van der Waals surface area (Å²) in [5, 5.41) is 6.26. The molecule has 1 fully saturated rings. The van der Waals surface area contributed by atoms with Gasteiger partial charge in [0.05, 0.1) is 10.8 Å². The molecule has 3 heterocycles. The molecule has 2 atom stereocenters. The molecule has 5 heteroatoms. The van der Waals surface area contributed by atoms with Gasteiger partial charge in [-0.25, -0.2) is 0 Å². The first-order valence-corrected chi connectivity index (χ1v) is 8.75. The number of thiophene rings is 1. The number of likely N-dealkylation sites (tertiary alicyclic amines) is 1. The Hall–Kier alpha value is -0.520. The van der Waals surface area contributed by atoms with Crippen LogP contribution in [0.25, 0.3) is 0 Å². The molecule has 0 bridgehead atoms. The van der Waals surface area contributed by atoms with Crippen LogP contribution in [0.15, 0.2) is 15.7 Å². The summed E-state index contributed by atoms with van der Waals surface area (Å²) >= 11 is 3.79. The lowest BCUT2D eigenvalue weighted by molar-refractivity contribution is -0.129. The molecule has 1 N–H and O–H groups in total. The SMILES string of the molecule is C[C@H]1CC(NCC(=O)N2CCCC2)c2ccsc2S1. The summed E-state index contributed by atoms with van der Waals surface area (Å²) in [6, 6.07) is 2.56. The van der Waals surface area contributed by atoms with Crippen LogP contribution >= 0.6 is 23.1 Å². The highest BCUT2D eigenvalue weighted by Crippen LogP contribution is 2.43. The van der Waals surface area contributed by atoms with E-state index in [4.69, 9.17) is 0 Å². The largest absolute Gasteiger partial charge is 0.342 e. The lowest BCUT2D eigenvalue weighted by Crippen LogP contribution is -2.38. The van der Waals surface area contributed by atoms with Gasteiger partial charge in [0.2, 0.25) is 5.91 Å². The van der Waals surface area contributed by atoms with Gasteiger partial charge in [-0.05, 0) is 36.3 Å². The lowest BCUT2D eigenvalue weighted by Gasteiger charge is -2.28. The van der Waals surface area contributed by atoms with Gasteiger partial charge in [0.25, 0.3) is 0 Å². The van der Waals surface area contributed by atoms with Crippen LogP contribution in [0, 0.1) is 0 Å². The second kappa shape index (κ2) is 5.85. The summed E-state index contributed by atoms with van der Waals surface area (Å²) < 4.78 is 1.42. The highest BCUT2D eigenvalue weighted by Gasteiger charge is 2.27. The van der Waals surface area contributed by atoms with E-state index >= 15 is 0 Å². The summed E-state index contributed by atoms with van der Waals surface area (Å²) in [6.07, 6.45) is 3.44. The summed E-state index contributed by atoms with van der Waals surface area (Å²) in [6.45, 7) is 4.64. The maximum absolute atomic E-state index is 12.1. The minimum Gasteiger partial charge on any atom is -0.342 e. The molecule has 0 spiro atoms. The molecule has 1 unspecified atom stereocenters. The Bertz CT molecular complexity index is 454. The van der Waals surface area contributed by atoms with Crippen molar-refractivity contribution in [1.82, 2.24) is 10.2 Å². The Morgan fingerprint density at radius 3 is 3.05 bits per heavy atom. The zero-order valence-corrected chi connectivity index (χ0v) is 12.9. The number of rotatable bonds is 3. The standard InChI is InChI=1S/C14H20N2OS2/c1-10-8-12(11-4-7-18-14(11)19-10)15-9-13(17)16-5-2-3-6-16/h4,7,10,12,15H,2-3,5-6,8-9H2,1H3/t10-,12?/m0/s1. The summed E-state index contributed by atoms with van der Waals surface area (Å²) in [4.78, 5) is 14.1. The van der Waals surface area contributed by atoms with Gasteiger partial charge in [-0.15, -0.1) is 23.1 Å². The van der Waals surface area contributed by atoms with Crippen molar-refractivity contribution in [3.05, 3.63) is 17.0 Å². The van der Waals surface area contributed by atoms with Crippen molar-refractivity contribution in [3.8, 4) is 0 Å². The Morgan fingerprint density at radius 2 is 2.26 bits per heavy atom. The van der Waals surface area contributed by atoms with E-state index in [1.54, 1.807) is 0 Å². The van der Waals surface area contributed by atoms with E-state index in [1.165, 1.54) is 9.77 Å². The Labute approximate surface area is 122 Å². The zero-order chi connectivity index (χ0) is 13.2. The van der Waals surface area contributed by atoms with Gasteiger partial charge >= 0.3 is 0 Å². The zero-order valence-electron chi connectivity index (χ0n) is 11.2. The third kappa shape index (κ3) is 2.98. The summed E-state index contributed by atoms with van der Waals surface area (Å²) in [5.41, 5.74) is 1.39.